The van der Waals surface area contributed by atoms with E-state index >= 15 is 0 Å². The molecule has 26 heavy (non-hydrogen) atoms. The summed E-state index contributed by atoms with van der Waals surface area (Å²) in [6.07, 6.45) is 2.78. The van der Waals surface area contributed by atoms with Crippen molar-refractivity contribution in [3.63, 3.8) is 0 Å². The Morgan fingerprint density at radius 1 is 1.31 bits per heavy atom. The van der Waals surface area contributed by atoms with Crippen molar-refractivity contribution in [2.24, 2.45) is 0 Å². The SMILES string of the molecule is CC(Cc1ccc(Br)cc1)NC(=O)C1CCCN1C(=O)Cc1cccs1. The van der Waals surface area contributed by atoms with Gasteiger partial charge >= 0.3 is 0 Å². The van der Waals surface area contributed by atoms with Gasteiger partial charge in [0.05, 0.1) is 6.42 Å². The molecule has 1 N–H and O–H groups in total. The van der Waals surface area contributed by atoms with Crippen LogP contribution in [0.3, 0.4) is 0 Å². The Balaban J connectivity index is 1.55. The van der Waals surface area contributed by atoms with E-state index < -0.39 is 0 Å². The summed E-state index contributed by atoms with van der Waals surface area (Å²) >= 11 is 5.01. The van der Waals surface area contributed by atoms with Crippen LogP contribution in [-0.4, -0.2) is 35.3 Å². The number of rotatable bonds is 6. The first-order valence-electron chi connectivity index (χ1n) is 8.89. The summed E-state index contributed by atoms with van der Waals surface area (Å²) in [5.74, 6) is 0.0114. The molecule has 1 aromatic carbocycles. The molecule has 2 amide bonds. The van der Waals surface area contributed by atoms with E-state index in [0.29, 0.717) is 13.0 Å². The molecule has 0 aliphatic carbocycles. The molecule has 1 aliphatic heterocycles. The third-order valence-electron chi connectivity index (χ3n) is 4.63. The standard InChI is InChI=1S/C20H23BrN2O2S/c1-14(12-15-6-8-16(21)9-7-15)22-20(25)18-5-2-10-23(18)19(24)13-17-4-3-11-26-17/h3-4,6-9,11,14,18H,2,5,10,12-13H2,1H3,(H,22,25). The second-order valence-corrected chi connectivity index (χ2v) is 8.69. The molecule has 2 heterocycles. The average Bonchev–Trinajstić information content (AvgIpc) is 3.28. The second kappa shape index (κ2) is 8.82. The number of thiophene rings is 1. The van der Waals surface area contributed by atoms with Gasteiger partial charge in [0.15, 0.2) is 0 Å². The highest BCUT2D eigenvalue weighted by molar-refractivity contribution is 9.10. The van der Waals surface area contributed by atoms with Crippen LogP contribution in [0.5, 0.6) is 0 Å². The monoisotopic (exact) mass is 434 g/mol. The Kier molecular flexibility index (Phi) is 6.48. The lowest BCUT2D eigenvalue weighted by molar-refractivity contribution is -0.138. The minimum atomic E-state index is -0.338. The first kappa shape index (κ1) is 19.1. The third-order valence-corrected chi connectivity index (χ3v) is 6.03. The zero-order valence-corrected chi connectivity index (χ0v) is 17.2. The number of carbonyl (C=O) groups excluding carboxylic acids is 2. The molecule has 2 atom stereocenters. The zero-order chi connectivity index (χ0) is 18.5. The number of nitrogens with zero attached hydrogens (tertiary/aromatic N) is 1. The number of nitrogens with one attached hydrogen (secondary N) is 1. The summed E-state index contributed by atoms with van der Waals surface area (Å²) < 4.78 is 1.05. The van der Waals surface area contributed by atoms with Gasteiger partial charge in [-0.15, -0.1) is 11.3 Å². The summed E-state index contributed by atoms with van der Waals surface area (Å²) in [5.41, 5.74) is 1.18. The molecule has 2 aromatic rings. The number of likely N-dealkylation sites (tertiary alicyclic amines) is 1. The molecule has 1 aliphatic rings. The molecule has 138 valence electrons. The molecule has 0 radical (unpaired) electrons. The van der Waals surface area contributed by atoms with Gasteiger partial charge in [0.2, 0.25) is 11.8 Å². The van der Waals surface area contributed by atoms with Crippen molar-refractivity contribution < 1.29 is 9.59 Å². The third kappa shape index (κ3) is 4.95. The van der Waals surface area contributed by atoms with Crippen molar-refractivity contribution in [1.29, 1.82) is 0 Å². The van der Waals surface area contributed by atoms with Crippen LogP contribution in [-0.2, 0) is 22.4 Å². The maximum atomic E-state index is 12.7. The summed E-state index contributed by atoms with van der Waals surface area (Å²) in [6.45, 7) is 2.68. The van der Waals surface area contributed by atoms with Gasteiger partial charge in [0.25, 0.3) is 0 Å². The Bertz CT molecular complexity index is 746. The number of halogens is 1. The highest BCUT2D eigenvalue weighted by Crippen LogP contribution is 2.20. The maximum Gasteiger partial charge on any atom is 0.243 e. The van der Waals surface area contributed by atoms with E-state index in [0.717, 1.165) is 28.6 Å². The number of amides is 2. The first-order valence-corrected chi connectivity index (χ1v) is 10.6. The van der Waals surface area contributed by atoms with Crippen LogP contribution < -0.4 is 5.32 Å². The lowest BCUT2D eigenvalue weighted by Crippen LogP contribution is -2.49. The van der Waals surface area contributed by atoms with E-state index in [1.807, 2.05) is 36.6 Å². The largest absolute Gasteiger partial charge is 0.352 e. The molecule has 6 heteroatoms. The molecule has 0 bridgehead atoms. The van der Waals surface area contributed by atoms with E-state index in [1.165, 1.54) is 5.56 Å². The topological polar surface area (TPSA) is 49.4 Å². The number of hydrogen-bond acceptors (Lipinski definition) is 3. The zero-order valence-electron chi connectivity index (χ0n) is 14.8. The van der Waals surface area contributed by atoms with Crippen LogP contribution in [0.1, 0.15) is 30.2 Å². The summed E-state index contributed by atoms with van der Waals surface area (Å²) in [6, 6.07) is 11.7. The summed E-state index contributed by atoms with van der Waals surface area (Å²) in [7, 11) is 0. The van der Waals surface area contributed by atoms with Gasteiger partial charge in [-0.05, 0) is 55.3 Å². The van der Waals surface area contributed by atoms with E-state index in [9.17, 15) is 9.59 Å². The Morgan fingerprint density at radius 3 is 2.77 bits per heavy atom. The number of carbonyl (C=O) groups is 2. The van der Waals surface area contributed by atoms with Crippen molar-refractivity contribution >= 4 is 39.1 Å². The highest BCUT2D eigenvalue weighted by Gasteiger charge is 2.34. The van der Waals surface area contributed by atoms with Crippen molar-refractivity contribution in [3.8, 4) is 0 Å². The minimum absolute atomic E-state index is 0.0264. The predicted molar refractivity (Wildman–Crippen MR) is 108 cm³/mol. The van der Waals surface area contributed by atoms with Crippen LogP contribution in [0.15, 0.2) is 46.3 Å². The molecule has 1 fully saturated rings. The van der Waals surface area contributed by atoms with Gasteiger partial charge < -0.3 is 10.2 Å². The van der Waals surface area contributed by atoms with Gasteiger partial charge in [-0.3, -0.25) is 9.59 Å². The predicted octanol–water partition coefficient (Wildman–Crippen LogP) is 3.79. The van der Waals surface area contributed by atoms with Crippen molar-refractivity contribution in [2.45, 2.75) is 44.7 Å². The Labute approximate surface area is 166 Å². The molecule has 1 saturated heterocycles. The fourth-order valence-electron chi connectivity index (χ4n) is 3.37. The minimum Gasteiger partial charge on any atom is -0.352 e. The van der Waals surface area contributed by atoms with E-state index in [4.69, 9.17) is 0 Å². The van der Waals surface area contributed by atoms with Gasteiger partial charge in [-0.2, -0.15) is 0 Å². The van der Waals surface area contributed by atoms with E-state index in [1.54, 1.807) is 16.2 Å². The van der Waals surface area contributed by atoms with Crippen molar-refractivity contribution in [2.75, 3.05) is 6.54 Å². The second-order valence-electron chi connectivity index (χ2n) is 6.74. The lowest BCUT2D eigenvalue weighted by Gasteiger charge is -2.25. The normalized spacial score (nSPS) is 17.9. The maximum absolute atomic E-state index is 12.7. The number of benzene rings is 1. The highest BCUT2D eigenvalue weighted by atomic mass is 79.9. The van der Waals surface area contributed by atoms with Crippen LogP contribution in [0.4, 0.5) is 0 Å². The fourth-order valence-corrected chi connectivity index (χ4v) is 4.33. The first-order chi connectivity index (χ1) is 12.5. The van der Waals surface area contributed by atoms with Gasteiger partial charge in [0, 0.05) is 21.9 Å². The molecule has 4 nitrogen and oxygen atoms in total. The van der Waals surface area contributed by atoms with Gasteiger partial charge in [-0.25, -0.2) is 0 Å². The number of hydrogen-bond donors (Lipinski definition) is 1. The van der Waals surface area contributed by atoms with E-state index in [2.05, 4.69) is 33.4 Å². The molecule has 2 unspecified atom stereocenters. The quantitative estimate of drug-likeness (QED) is 0.751. The molecular formula is C20H23BrN2O2S. The Hall–Kier alpha value is -1.66. The van der Waals surface area contributed by atoms with Crippen molar-refractivity contribution in [1.82, 2.24) is 10.2 Å². The average molecular weight is 435 g/mol. The smallest absolute Gasteiger partial charge is 0.243 e. The fraction of sp³-hybridized carbons (Fsp3) is 0.400. The van der Waals surface area contributed by atoms with Crippen LogP contribution in [0.2, 0.25) is 0 Å². The summed E-state index contributed by atoms with van der Waals surface area (Å²) in [5, 5.41) is 5.06. The lowest BCUT2D eigenvalue weighted by atomic mass is 10.1. The van der Waals surface area contributed by atoms with Crippen LogP contribution in [0, 0.1) is 0 Å². The molecule has 1 aromatic heterocycles. The molecule has 3 rings (SSSR count). The van der Waals surface area contributed by atoms with Gasteiger partial charge in [-0.1, -0.05) is 34.1 Å². The van der Waals surface area contributed by atoms with Crippen molar-refractivity contribution in [3.05, 3.63) is 56.7 Å². The Morgan fingerprint density at radius 2 is 2.08 bits per heavy atom. The van der Waals surface area contributed by atoms with E-state index in [-0.39, 0.29) is 23.9 Å². The van der Waals surface area contributed by atoms with Crippen LogP contribution in [0.25, 0.3) is 0 Å². The molecule has 0 saturated carbocycles. The summed E-state index contributed by atoms with van der Waals surface area (Å²) in [4.78, 5) is 28.1. The molecule has 0 spiro atoms. The van der Waals surface area contributed by atoms with Gasteiger partial charge in [0.1, 0.15) is 6.04 Å². The molecular weight excluding hydrogens is 412 g/mol. The van der Waals surface area contributed by atoms with Crippen LogP contribution >= 0.6 is 27.3 Å².